The number of hydrogen-bond donors (Lipinski definition) is 0. The average molecular weight is 243 g/mol. The second-order valence-electron chi connectivity index (χ2n) is 4.88. The summed E-state index contributed by atoms with van der Waals surface area (Å²) in [5, 5.41) is 8.02. The molecule has 1 saturated carbocycles. The van der Waals surface area contributed by atoms with Crippen LogP contribution >= 0.6 is 0 Å². The van der Waals surface area contributed by atoms with Crippen LogP contribution in [0.4, 0.5) is 0 Å². The molecule has 0 aromatic rings. The van der Waals surface area contributed by atoms with Gasteiger partial charge in [0.1, 0.15) is 0 Å². The highest BCUT2D eigenvalue weighted by Crippen LogP contribution is 2.31. The number of sulfone groups is 1. The van der Waals surface area contributed by atoms with Crippen LogP contribution in [0.2, 0.25) is 0 Å². The molecule has 16 heavy (non-hydrogen) atoms. The van der Waals surface area contributed by atoms with E-state index in [1.807, 2.05) is 13.0 Å². The molecule has 0 amide bonds. The highest BCUT2D eigenvalue weighted by atomic mass is 32.2. The van der Waals surface area contributed by atoms with Gasteiger partial charge in [-0.05, 0) is 25.2 Å². The average Bonchev–Trinajstić information content (AvgIpc) is 2.25. The van der Waals surface area contributed by atoms with Gasteiger partial charge in [-0.2, -0.15) is 5.26 Å². The Morgan fingerprint density at radius 3 is 2.62 bits per heavy atom. The zero-order valence-electron chi connectivity index (χ0n) is 10.1. The molecule has 0 radical (unpaired) electrons. The Morgan fingerprint density at radius 2 is 2.12 bits per heavy atom. The number of hydrogen-bond acceptors (Lipinski definition) is 3. The van der Waals surface area contributed by atoms with E-state index in [4.69, 9.17) is 5.26 Å². The molecule has 1 fully saturated rings. The molecule has 0 bridgehead atoms. The second kappa shape index (κ2) is 5.67. The van der Waals surface area contributed by atoms with Gasteiger partial charge in [-0.25, -0.2) is 8.42 Å². The van der Waals surface area contributed by atoms with Crippen molar-refractivity contribution < 1.29 is 8.42 Å². The molecule has 3 atom stereocenters. The molecule has 0 aromatic heterocycles. The van der Waals surface area contributed by atoms with Crippen molar-refractivity contribution in [1.82, 2.24) is 0 Å². The highest BCUT2D eigenvalue weighted by molar-refractivity contribution is 7.92. The lowest BCUT2D eigenvalue weighted by atomic mass is 9.90. The lowest BCUT2D eigenvalue weighted by Crippen LogP contribution is -2.34. The number of nitriles is 1. The Labute approximate surface area is 98.8 Å². The summed E-state index contributed by atoms with van der Waals surface area (Å²) in [4.78, 5) is 0. The van der Waals surface area contributed by atoms with E-state index in [2.05, 4.69) is 6.92 Å². The van der Waals surface area contributed by atoms with Crippen LogP contribution in [0.15, 0.2) is 0 Å². The summed E-state index contributed by atoms with van der Waals surface area (Å²) in [6.45, 7) is 3.97. The minimum Gasteiger partial charge on any atom is -0.228 e. The van der Waals surface area contributed by atoms with Crippen molar-refractivity contribution in [2.45, 2.75) is 62.9 Å². The first-order chi connectivity index (χ1) is 7.52. The maximum atomic E-state index is 12.3. The molecule has 4 heteroatoms. The maximum Gasteiger partial charge on any atom is 0.157 e. The third-order valence-corrected chi connectivity index (χ3v) is 6.38. The van der Waals surface area contributed by atoms with E-state index in [9.17, 15) is 8.42 Å². The van der Waals surface area contributed by atoms with Crippen LogP contribution in [0.5, 0.6) is 0 Å². The van der Waals surface area contributed by atoms with E-state index < -0.39 is 15.1 Å². The zero-order chi connectivity index (χ0) is 12.2. The van der Waals surface area contributed by atoms with Crippen LogP contribution in [-0.2, 0) is 9.84 Å². The SMILES string of the molecule is CCC(CC#N)S(=O)(=O)C1CCCC(C)C1. The molecule has 0 heterocycles. The molecule has 3 unspecified atom stereocenters. The van der Waals surface area contributed by atoms with Gasteiger partial charge < -0.3 is 0 Å². The van der Waals surface area contributed by atoms with E-state index in [1.165, 1.54) is 0 Å². The summed E-state index contributed by atoms with van der Waals surface area (Å²) >= 11 is 0. The Balaban J connectivity index is 2.79. The summed E-state index contributed by atoms with van der Waals surface area (Å²) in [5.74, 6) is 0.508. The molecule has 0 aromatic carbocycles. The van der Waals surface area contributed by atoms with Crippen LogP contribution in [0, 0.1) is 17.2 Å². The first kappa shape index (κ1) is 13.5. The number of nitrogens with zero attached hydrogens (tertiary/aromatic N) is 1. The molecular formula is C12H21NO2S. The van der Waals surface area contributed by atoms with Gasteiger partial charge in [0.05, 0.1) is 23.0 Å². The van der Waals surface area contributed by atoms with Crippen molar-refractivity contribution in [2.24, 2.45) is 5.92 Å². The molecule has 1 aliphatic rings. The standard InChI is InChI=1S/C12H21NO2S/c1-3-11(7-8-13)16(14,15)12-6-4-5-10(2)9-12/h10-12H,3-7,9H2,1-2H3. The second-order valence-corrected chi connectivity index (χ2v) is 7.39. The van der Waals surface area contributed by atoms with E-state index in [1.54, 1.807) is 0 Å². The van der Waals surface area contributed by atoms with E-state index in [0.29, 0.717) is 12.3 Å². The van der Waals surface area contributed by atoms with Gasteiger partial charge in [0.2, 0.25) is 0 Å². The Bertz CT molecular complexity index is 356. The third kappa shape index (κ3) is 2.98. The molecule has 1 aliphatic carbocycles. The zero-order valence-corrected chi connectivity index (χ0v) is 11.0. The van der Waals surface area contributed by atoms with Crippen molar-refractivity contribution in [3.63, 3.8) is 0 Å². The number of rotatable bonds is 4. The van der Waals surface area contributed by atoms with Crippen molar-refractivity contribution in [1.29, 1.82) is 5.26 Å². The topological polar surface area (TPSA) is 57.9 Å². The predicted molar refractivity (Wildman–Crippen MR) is 64.6 cm³/mol. The lowest BCUT2D eigenvalue weighted by Gasteiger charge is -2.29. The molecule has 3 nitrogen and oxygen atoms in total. The fraction of sp³-hybridized carbons (Fsp3) is 0.917. The van der Waals surface area contributed by atoms with E-state index in [0.717, 1.165) is 25.7 Å². The van der Waals surface area contributed by atoms with Crippen molar-refractivity contribution in [3.05, 3.63) is 0 Å². The summed E-state index contributed by atoms with van der Waals surface area (Å²) in [6, 6.07) is 2.00. The molecular weight excluding hydrogens is 222 g/mol. The van der Waals surface area contributed by atoms with Crippen molar-refractivity contribution in [3.8, 4) is 6.07 Å². The summed E-state index contributed by atoms with van der Waals surface area (Å²) in [5.41, 5.74) is 0. The van der Waals surface area contributed by atoms with Gasteiger partial charge in [0, 0.05) is 0 Å². The van der Waals surface area contributed by atoms with Crippen LogP contribution in [-0.4, -0.2) is 18.9 Å². The van der Waals surface area contributed by atoms with Crippen LogP contribution in [0.3, 0.4) is 0 Å². The van der Waals surface area contributed by atoms with Gasteiger partial charge in [-0.1, -0.05) is 26.7 Å². The van der Waals surface area contributed by atoms with Crippen molar-refractivity contribution >= 4 is 9.84 Å². The molecule has 0 saturated heterocycles. The van der Waals surface area contributed by atoms with E-state index >= 15 is 0 Å². The van der Waals surface area contributed by atoms with Crippen molar-refractivity contribution in [2.75, 3.05) is 0 Å². The fourth-order valence-electron chi connectivity index (χ4n) is 2.54. The quantitative estimate of drug-likeness (QED) is 0.762. The Kier molecular flexibility index (Phi) is 4.79. The van der Waals surface area contributed by atoms with Crippen LogP contribution < -0.4 is 0 Å². The Hall–Kier alpha value is -0.560. The van der Waals surface area contributed by atoms with Gasteiger partial charge in [-0.3, -0.25) is 0 Å². The first-order valence-corrected chi connectivity index (χ1v) is 7.73. The first-order valence-electron chi connectivity index (χ1n) is 6.12. The lowest BCUT2D eigenvalue weighted by molar-refractivity contribution is 0.379. The third-order valence-electron chi connectivity index (χ3n) is 3.59. The molecule has 0 spiro atoms. The van der Waals surface area contributed by atoms with Crippen LogP contribution in [0.25, 0.3) is 0 Å². The highest BCUT2D eigenvalue weighted by Gasteiger charge is 2.35. The largest absolute Gasteiger partial charge is 0.228 e. The maximum absolute atomic E-state index is 12.3. The Morgan fingerprint density at radius 1 is 1.44 bits per heavy atom. The van der Waals surface area contributed by atoms with Gasteiger partial charge in [0.15, 0.2) is 9.84 Å². The van der Waals surface area contributed by atoms with E-state index in [-0.39, 0.29) is 11.7 Å². The van der Waals surface area contributed by atoms with Crippen LogP contribution in [0.1, 0.15) is 52.4 Å². The summed E-state index contributed by atoms with van der Waals surface area (Å²) < 4.78 is 24.6. The smallest absolute Gasteiger partial charge is 0.157 e. The minimum absolute atomic E-state index is 0.143. The van der Waals surface area contributed by atoms with Gasteiger partial charge in [-0.15, -0.1) is 0 Å². The predicted octanol–water partition coefficient (Wildman–Crippen LogP) is 2.67. The van der Waals surface area contributed by atoms with Gasteiger partial charge in [0.25, 0.3) is 0 Å². The molecule has 1 rings (SSSR count). The summed E-state index contributed by atoms with van der Waals surface area (Å²) in [6.07, 6.45) is 4.42. The monoisotopic (exact) mass is 243 g/mol. The van der Waals surface area contributed by atoms with Gasteiger partial charge >= 0.3 is 0 Å². The normalized spacial score (nSPS) is 28.3. The molecule has 0 aliphatic heterocycles. The fourth-order valence-corrected chi connectivity index (χ4v) is 4.95. The molecule has 92 valence electrons. The molecule has 0 N–H and O–H groups in total. The minimum atomic E-state index is -3.09. The summed E-state index contributed by atoms with van der Waals surface area (Å²) in [7, 11) is -3.09.